The molecule has 0 amide bonds. The molecule has 0 saturated carbocycles. The van der Waals surface area contributed by atoms with Crippen molar-refractivity contribution in [3.05, 3.63) is 65.5 Å². The Bertz CT molecular complexity index is 1090. The fourth-order valence-corrected chi connectivity index (χ4v) is 2.95. The summed E-state index contributed by atoms with van der Waals surface area (Å²) in [5.41, 5.74) is 3.79. The lowest BCUT2D eigenvalue weighted by atomic mass is 10.1. The monoisotopic (exact) mass is 361 g/mol. The van der Waals surface area contributed by atoms with E-state index in [0.717, 1.165) is 27.8 Å². The van der Waals surface area contributed by atoms with E-state index in [0.29, 0.717) is 29.6 Å². The van der Waals surface area contributed by atoms with Crippen molar-refractivity contribution in [3.63, 3.8) is 0 Å². The molecule has 6 heteroatoms. The Labute approximate surface area is 156 Å². The summed E-state index contributed by atoms with van der Waals surface area (Å²) in [4.78, 5) is 9.09. The van der Waals surface area contributed by atoms with Crippen molar-refractivity contribution in [2.24, 2.45) is 0 Å². The van der Waals surface area contributed by atoms with Crippen LogP contribution >= 0.6 is 0 Å². The minimum absolute atomic E-state index is 0.464. The van der Waals surface area contributed by atoms with Crippen molar-refractivity contribution >= 4 is 10.9 Å². The van der Waals surface area contributed by atoms with Crippen molar-refractivity contribution < 1.29 is 14.0 Å². The van der Waals surface area contributed by atoms with Gasteiger partial charge < -0.3 is 14.0 Å². The van der Waals surface area contributed by atoms with Crippen LogP contribution < -0.4 is 9.47 Å². The minimum Gasteiger partial charge on any atom is -0.497 e. The SMILES string of the molecule is COc1ccc(Cc2nc(-c3cc4cc(C)ccc4nc3OC)no2)cc1. The molecule has 0 fully saturated rings. The molecule has 4 aromatic rings. The first-order chi connectivity index (χ1) is 13.2. The van der Waals surface area contributed by atoms with E-state index < -0.39 is 0 Å². The first-order valence-corrected chi connectivity index (χ1v) is 8.57. The first kappa shape index (κ1) is 17.0. The van der Waals surface area contributed by atoms with Crippen LogP contribution in [0.15, 0.2) is 53.1 Å². The minimum atomic E-state index is 0.464. The molecule has 27 heavy (non-hydrogen) atoms. The largest absolute Gasteiger partial charge is 0.497 e. The third kappa shape index (κ3) is 3.46. The normalized spacial score (nSPS) is 10.9. The summed E-state index contributed by atoms with van der Waals surface area (Å²) in [5, 5.41) is 5.13. The van der Waals surface area contributed by atoms with Gasteiger partial charge >= 0.3 is 0 Å². The number of aryl methyl sites for hydroxylation is 1. The van der Waals surface area contributed by atoms with E-state index in [4.69, 9.17) is 14.0 Å². The van der Waals surface area contributed by atoms with Gasteiger partial charge in [0.1, 0.15) is 5.75 Å². The second-order valence-corrected chi connectivity index (χ2v) is 6.28. The van der Waals surface area contributed by atoms with Gasteiger partial charge in [0.2, 0.25) is 17.6 Å². The molecule has 0 aliphatic carbocycles. The average Bonchev–Trinajstić information content (AvgIpc) is 3.15. The predicted molar refractivity (Wildman–Crippen MR) is 102 cm³/mol. The number of rotatable bonds is 5. The maximum Gasteiger partial charge on any atom is 0.231 e. The molecule has 0 unspecified atom stereocenters. The van der Waals surface area contributed by atoms with E-state index in [1.54, 1.807) is 14.2 Å². The van der Waals surface area contributed by atoms with Gasteiger partial charge in [0.05, 0.1) is 31.7 Å². The lowest BCUT2D eigenvalue weighted by Gasteiger charge is -2.07. The van der Waals surface area contributed by atoms with Crippen molar-refractivity contribution in [1.82, 2.24) is 15.1 Å². The summed E-state index contributed by atoms with van der Waals surface area (Å²) < 4.78 is 16.1. The topological polar surface area (TPSA) is 70.3 Å². The quantitative estimate of drug-likeness (QED) is 0.530. The number of methoxy groups -OCH3 is 2. The van der Waals surface area contributed by atoms with Gasteiger partial charge in [-0.1, -0.05) is 28.9 Å². The fourth-order valence-electron chi connectivity index (χ4n) is 2.95. The van der Waals surface area contributed by atoms with Crippen LogP contribution in [-0.2, 0) is 6.42 Å². The molecule has 2 aromatic carbocycles. The van der Waals surface area contributed by atoms with Gasteiger partial charge in [0.15, 0.2) is 0 Å². The molecule has 2 aromatic heterocycles. The lowest BCUT2D eigenvalue weighted by molar-refractivity contribution is 0.383. The highest BCUT2D eigenvalue weighted by molar-refractivity contribution is 5.85. The van der Waals surface area contributed by atoms with Gasteiger partial charge in [0.25, 0.3) is 0 Å². The summed E-state index contributed by atoms with van der Waals surface area (Å²) in [7, 11) is 3.23. The van der Waals surface area contributed by atoms with Crippen LogP contribution in [0.1, 0.15) is 17.0 Å². The zero-order valence-electron chi connectivity index (χ0n) is 15.4. The number of fused-ring (bicyclic) bond motifs is 1. The molecule has 0 aliphatic heterocycles. The Morgan fingerprint density at radius 3 is 2.48 bits per heavy atom. The summed E-state index contributed by atoms with van der Waals surface area (Å²) in [6.45, 7) is 2.05. The Morgan fingerprint density at radius 1 is 0.926 bits per heavy atom. The number of hydrogen-bond acceptors (Lipinski definition) is 6. The molecule has 0 saturated heterocycles. The van der Waals surface area contributed by atoms with Crippen molar-refractivity contribution in [2.75, 3.05) is 14.2 Å². The number of ether oxygens (including phenoxy) is 2. The Morgan fingerprint density at radius 2 is 1.74 bits per heavy atom. The molecule has 0 spiro atoms. The van der Waals surface area contributed by atoms with Crippen molar-refractivity contribution in [2.45, 2.75) is 13.3 Å². The zero-order chi connectivity index (χ0) is 18.8. The van der Waals surface area contributed by atoms with Gasteiger partial charge in [-0.25, -0.2) is 4.98 Å². The highest BCUT2D eigenvalue weighted by Crippen LogP contribution is 2.30. The van der Waals surface area contributed by atoms with Gasteiger partial charge in [-0.2, -0.15) is 4.98 Å². The second kappa shape index (κ2) is 7.07. The molecule has 4 rings (SSSR count). The molecule has 0 N–H and O–H groups in total. The van der Waals surface area contributed by atoms with E-state index in [1.165, 1.54) is 0 Å². The van der Waals surface area contributed by atoms with Crippen LogP contribution in [0, 0.1) is 6.92 Å². The second-order valence-electron chi connectivity index (χ2n) is 6.28. The third-order valence-corrected chi connectivity index (χ3v) is 4.35. The maximum absolute atomic E-state index is 5.44. The van der Waals surface area contributed by atoms with Crippen LogP contribution in [0.25, 0.3) is 22.3 Å². The Hall–Kier alpha value is -3.41. The number of hydrogen-bond donors (Lipinski definition) is 0. The molecular weight excluding hydrogens is 342 g/mol. The molecule has 6 nitrogen and oxygen atoms in total. The number of benzene rings is 2. The van der Waals surface area contributed by atoms with E-state index in [-0.39, 0.29) is 0 Å². The molecule has 0 radical (unpaired) electrons. The van der Waals surface area contributed by atoms with Gasteiger partial charge in [0, 0.05) is 5.39 Å². The Balaban J connectivity index is 1.67. The number of pyridine rings is 1. The highest BCUT2D eigenvalue weighted by atomic mass is 16.5. The molecule has 0 bridgehead atoms. The summed E-state index contributed by atoms with van der Waals surface area (Å²) >= 11 is 0. The van der Waals surface area contributed by atoms with E-state index in [9.17, 15) is 0 Å². The van der Waals surface area contributed by atoms with E-state index in [2.05, 4.69) is 21.2 Å². The van der Waals surface area contributed by atoms with Gasteiger partial charge in [-0.15, -0.1) is 0 Å². The summed E-state index contributed by atoms with van der Waals surface area (Å²) in [5.74, 6) is 2.28. The van der Waals surface area contributed by atoms with E-state index in [1.807, 2.05) is 49.4 Å². The smallest absolute Gasteiger partial charge is 0.231 e. The first-order valence-electron chi connectivity index (χ1n) is 8.57. The summed E-state index contributed by atoms with van der Waals surface area (Å²) in [6.07, 6.45) is 0.541. The maximum atomic E-state index is 5.44. The third-order valence-electron chi connectivity index (χ3n) is 4.35. The van der Waals surface area contributed by atoms with Crippen LogP contribution in [0.5, 0.6) is 11.6 Å². The number of nitrogens with zero attached hydrogens (tertiary/aromatic N) is 3. The van der Waals surface area contributed by atoms with E-state index >= 15 is 0 Å². The van der Waals surface area contributed by atoms with Crippen molar-refractivity contribution in [3.8, 4) is 23.0 Å². The predicted octanol–water partition coefficient (Wildman–Crippen LogP) is 4.20. The standard InChI is InChI=1S/C21H19N3O3/c1-13-4-9-18-15(10-13)12-17(21(22-18)26-3)20-23-19(27-24-20)11-14-5-7-16(25-2)8-6-14/h4-10,12H,11H2,1-3H3. The molecule has 136 valence electrons. The van der Waals surface area contributed by atoms with Crippen LogP contribution in [0.3, 0.4) is 0 Å². The number of aromatic nitrogens is 3. The van der Waals surface area contributed by atoms with Crippen LogP contribution in [0.2, 0.25) is 0 Å². The lowest BCUT2D eigenvalue weighted by Crippen LogP contribution is -1.95. The zero-order valence-corrected chi connectivity index (χ0v) is 15.4. The molecule has 0 atom stereocenters. The van der Waals surface area contributed by atoms with Crippen LogP contribution in [0.4, 0.5) is 0 Å². The van der Waals surface area contributed by atoms with Crippen molar-refractivity contribution in [1.29, 1.82) is 0 Å². The highest BCUT2D eigenvalue weighted by Gasteiger charge is 2.16. The molecule has 0 aliphatic rings. The summed E-state index contributed by atoms with van der Waals surface area (Å²) in [6, 6.07) is 15.8. The molecule has 2 heterocycles. The Kier molecular flexibility index (Phi) is 4.46. The molecular formula is C21H19N3O3. The fraction of sp³-hybridized carbons (Fsp3) is 0.190. The average molecular weight is 361 g/mol. The van der Waals surface area contributed by atoms with Crippen LogP contribution in [-0.4, -0.2) is 29.3 Å². The van der Waals surface area contributed by atoms with Gasteiger partial charge in [-0.3, -0.25) is 0 Å². The van der Waals surface area contributed by atoms with Gasteiger partial charge in [-0.05, 0) is 42.8 Å².